The van der Waals surface area contributed by atoms with Crippen LogP contribution in [0.1, 0.15) is 21.7 Å². The molecule has 30 heavy (non-hydrogen) atoms. The molecule has 1 amide bonds. The van der Waals surface area contributed by atoms with Gasteiger partial charge in [-0.05, 0) is 49.7 Å². The number of hydrogen-bond acceptors (Lipinski definition) is 5. The van der Waals surface area contributed by atoms with Crippen LogP contribution in [0.25, 0.3) is 5.69 Å². The number of amides is 1. The maximum absolute atomic E-state index is 13.3. The Bertz CT molecular complexity index is 1100. The van der Waals surface area contributed by atoms with Gasteiger partial charge in [-0.25, -0.2) is 4.68 Å². The highest BCUT2D eigenvalue weighted by Gasteiger charge is 2.28. The average molecular weight is 404 g/mol. The highest BCUT2D eigenvalue weighted by Crippen LogP contribution is 2.41. The molecule has 1 saturated heterocycles. The molecule has 1 aromatic heterocycles. The van der Waals surface area contributed by atoms with Gasteiger partial charge in [0.05, 0.1) is 17.1 Å². The van der Waals surface area contributed by atoms with Crippen molar-refractivity contribution < 1.29 is 14.3 Å². The molecule has 0 spiro atoms. The summed E-state index contributed by atoms with van der Waals surface area (Å²) < 4.78 is 12.9. The third-order valence-corrected chi connectivity index (χ3v) is 5.58. The van der Waals surface area contributed by atoms with Crippen molar-refractivity contribution in [2.24, 2.45) is 0 Å². The highest BCUT2D eigenvalue weighted by atomic mass is 16.7. The normalized spacial score (nSPS) is 15.5. The molecule has 7 nitrogen and oxygen atoms in total. The van der Waals surface area contributed by atoms with Crippen molar-refractivity contribution in [3.05, 3.63) is 65.5 Å². The van der Waals surface area contributed by atoms with Crippen LogP contribution in [0.2, 0.25) is 0 Å². The number of rotatable bonds is 3. The molecule has 0 aliphatic carbocycles. The Kier molecular flexibility index (Phi) is 4.58. The smallest absolute Gasteiger partial charge is 0.272 e. The number of ether oxygens (including phenoxy) is 2. The van der Waals surface area contributed by atoms with Crippen molar-refractivity contribution in [2.75, 3.05) is 37.9 Å². The number of carbonyl (C=O) groups excluding carboxylic acids is 1. The summed E-state index contributed by atoms with van der Waals surface area (Å²) >= 11 is 0. The summed E-state index contributed by atoms with van der Waals surface area (Å²) in [6, 6.07) is 15.8. The van der Waals surface area contributed by atoms with Crippen molar-refractivity contribution in [1.82, 2.24) is 14.7 Å². The van der Waals surface area contributed by atoms with Gasteiger partial charge in [0.2, 0.25) is 6.79 Å². The van der Waals surface area contributed by atoms with E-state index in [9.17, 15) is 4.79 Å². The van der Waals surface area contributed by atoms with Gasteiger partial charge in [-0.1, -0.05) is 18.2 Å². The predicted octanol–water partition coefficient (Wildman–Crippen LogP) is 3.18. The van der Waals surface area contributed by atoms with Crippen molar-refractivity contribution in [1.29, 1.82) is 0 Å². The maximum Gasteiger partial charge on any atom is 0.272 e. The van der Waals surface area contributed by atoms with E-state index < -0.39 is 0 Å². The first kappa shape index (κ1) is 18.5. The minimum atomic E-state index is 0.00892. The summed E-state index contributed by atoms with van der Waals surface area (Å²) in [5, 5.41) is 4.57. The minimum absolute atomic E-state index is 0.00892. The van der Waals surface area contributed by atoms with E-state index in [-0.39, 0.29) is 12.7 Å². The number of fused-ring (bicyclic) bond motifs is 1. The standard InChI is InChI=1S/C23H24N4O3/c1-16-5-3-6-18(13-16)27-20(14-17(2)24-27)23(28)26-11-9-25(10-12-26)19-7-4-8-21-22(19)30-15-29-21/h3-8,13-14H,9-12,15H2,1-2H3. The zero-order valence-corrected chi connectivity index (χ0v) is 17.2. The first-order valence-corrected chi connectivity index (χ1v) is 10.2. The molecule has 2 aliphatic heterocycles. The van der Waals surface area contributed by atoms with Crippen LogP contribution in [-0.4, -0.2) is 53.6 Å². The lowest BCUT2D eigenvalue weighted by atomic mass is 10.2. The van der Waals surface area contributed by atoms with Gasteiger partial charge in [0.15, 0.2) is 11.5 Å². The Morgan fingerprint density at radius 3 is 2.57 bits per heavy atom. The van der Waals surface area contributed by atoms with E-state index in [2.05, 4.69) is 10.00 Å². The molecule has 0 atom stereocenters. The number of anilines is 1. The second kappa shape index (κ2) is 7.40. The molecule has 0 N–H and O–H groups in total. The molecule has 1 fully saturated rings. The van der Waals surface area contributed by atoms with Crippen molar-refractivity contribution in [3.8, 4) is 17.2 Å². The molecular formula is C23H24N4O3. The number of hydrogen-bond donors (Lipinski definition) is 0. The quantitative estimate of drug-likeness (QED) is 0.671. The maximum atomic E-state index is 13.3. The number of aryl methyl sites for hydroxylation is 2. The summed E-state index contributed by atoms with van der Waals surface area (Å²) in [6.45, 7) is 6.97. The van der Waals surface area contributed by atoms with E-state index in [4.69, 9.17) is 9.47 Å². The van der Waals surface area contributed by atoms with Gasteiger partial charge < -0.3 is 19.3 Å². The summed E-state index contributed by atoms with van der Waals surface area (Å²) in [5.41, 5.74) is 4.49. The molecular weight excluding hydrogens is 380 g/mol. The van der Waals surface area contributed by atoms with E-state index >= 15 is 0 Å². The Morgan fingerprint density at radius 2 is 1.77 bits per heavy atom. The van der Waals surface area contributed by atoms with Crippen LogP contribution in [0.15, 0.2) is 48.5 Å². The first-order chi connectivity index (χ1) is 14.6. The lowest BCUT2D eigenvalue weighted by Gasteiger charge is -2.36. The number of piperazine rings is 1. The SMILES string of the molecule is Cc1cccc(-n2nc(C)cc2C(=O)N2CCN(c3cccc4c3OCO4)CC2)c1. The van der Waals surface area contributed by atoms with Gasteiger partial charge in [-0.3, -0.25) is 4.79 Å². The zero-order chi connectivity index (χ0) is 20.7. The van der Waals surface area contributed by atoms with Gasteiger partial charge in [-0.2, -0.15) is 5.10 Å². The van der Waals surface area contributed by atoms with Gasteiger partial charge in [-0.15, -0.1) is 0 Å². The molecule has 3 aromatic rings. The zero-order valence-electron chi connectivity index (χ0n) is 17.2. The molecule has 0 bridgehead atoms. The minimum Gasteiger partial charge on any atom is -0.454 e. The summed E-state index contributed by atoms with van der Waals surface area (Å²) in [4.78, 5) is 17.5. The number of aromatic nitrogens is 2. The number of carbonyl (C=O) groups is 1. The number of nitrogens with zero attached hydrogens (tertiary/aromatic N) is 4. The fourth-order valence-corrected chi connectivity index (χ4v) is 4.08. The fraction of sp³-hybridized carbons (Fsp3) is 0.304. The lowest BCUT2D eigenvalue weighted by molar-refractivity contribution is 0.0737. The number of benzene rings is 2. The topological polar surface area (TPSA) is 59.8 Å². The van der Waals surface area contributed by atoms with Crippen molar-refractivity contribution >= 4 is 11.6 Å². The molecule has 7 heteroatoms. The fourth-order valence-electron chi connectivity index (χ4n) is 4.08. The molecule has 0 unspecified atom stereocenters. The molecule has 2 aliphatic rings. The second-order valence-corrected chi connectivity index (χ2v) is 7.71. The van der Waals surface area contributed by atoms with Gasteiger partial charge in [0, 0.05) is 26.2 Å². The van der Waals surface area contributed by atoms with Crippen molar-refractivity contribution in [2.45, 2.75) is 13.8 Å². The van der Waals surface area contributed by atoms with Crippen molar-refractivity contribution in [3.63, 3.8) is 0 Å². The molecule has 5 rings (SSSR count). The van der Waals surface area contributed by atoms with Crippen LogP contribution < -0.4 is 14.4 Å². The molecule has 0 radical (unpaired) electrons. The number of para-hydroxylation sites is 1. The van der Waals surface area contributed by atoms with E-state index in [0.717, 1.165) is 47.2 Å². The average Bonchev–Trinajstić information content (AvgIpc) is 3.40. The molecule has 3 heterocycles. The Hall–Kier alpha value is -3.48. The van der Waals surface area contributed by atoms with E-state index in [0.29, 0.717) is 18.8 Å². The summed E-state index contributed by atoms with van der Waals surface area (Å²) in [5.74, 6) is 1.59. The van der Waals surface area contributed by atoms with Crippen LogP contribution in [0.4, 0.5) is 5.69 Å². The van der Waals surface area contributed by atoms with Crippen LogP contribution in [0.5, 0.6) is 11.5 Å². The Balaban J connectivity index is 1.34. The summed E-state index contributed by atoms with van der Waals surface area (Å²) in [7, 11) is 0. The predicted molar refractivity (Wildman–Crippen MR) is 114 cm³/mol. The molecule has 2 aromatic carbocycles. The van der Waals surface area contributed by atoms with Gasteiger partial charge in [0.1, 0.15) is 5.69 Å². The van der Waals surface area contributed by atoms with Crippen LogP contribution >= 0.6 is 0 Å². The Morgan fingerprint density at radius 1 is 0.967 bits per heavy atom. The molecule has 154 valence electrons. The third-order valence-electron chi connectivity index (χ3n) is 5.58. The highest BCUT2D eigenvalue weighted by molar-refractivity contribution is 5.93. The second-order valence-electron chi connectivity index (χ2n) is 7.71. The largest absolute Gasteiger partial charge is 0.454 e. The first-order valence-electron chi connectivity index (χ1n) is 10.2. The molecule has 0 saturated carbocycles. The third kappa shape index (κ3) is 3.26. The monoisotopic (exact) mass is 404 g/mol. The van der Waals surface area contributed by atoms with E-state index in [1.165, 1.54) is 0 Å². The van der Waals surface area contributed by atoms with E-state index in [1.807, 2.05) is 67.3 Å². The summed E-state index contributed by atoms with van der Waals surface area (Å²) in [6.07, 6.45) is 0. The lowest BCUT2D eigenvalue weighted by Crippen LogP contribution is -2.49. The van der Waals surface area contributed by atoms with Crippen LogP contribution in [0, 0.1) is 13.8 Å². The van der Waals surface area contributed by atoms with Gasteiger partial charge in [0.25, 0.3) is 5.91 Å². The Labute approximate surface area is 175 Å². The van der Waals surface area contributed by atoms with Gasteiger partial charge >= 0.3 is 0 Å². The van der Waals surface area contributed by atoms with Crippen LogP contribution in [0.3, 0.4) is 0 Å². The van der Waals surface area contributed by atoms with E-state index in [1.54, 1.807) is 4.68 Å². The van der Waals surface area contributed by atoms with Crippen LogP contribution in [-0.2, 0) is 0 Å².